The van der Waals surface area contributed by atoms with Gasteiger partial charge in [0, 0.05) is 10.5 Å². The average Bonchev–Trinajstić information content (AvgIpc) is 2.53. The normalized spacial score (nSPS) is 11.3. The standard InChI is InChI=1S/C15H16N2O2S/c1-20-14-5-3-2-4-13(14)19-10-11-6-8-12(9-7-11)15(16)17-18/h2-9,18H,10H2,1H3,(H2,16,17). The van der Waals surface area contributed by atoms with Crippen molar-refractivity contribution >= 4 is 17.6 Å². The number of amidine groups is 1. The second-order valence-electron chi connectivity index (χ2n) is 4.12. The Bertz CT molecular complexity index is 597. The van der Waals surface area contributed by atoms with Crippen molar-refractivity contribution in [2.45, 2.75) is 11.5 Å². The van der Waals surface area contributed by atoms with Crippen LogP contribution in [0.15, 0.2) is 58.6 Å². The summed E-state index contributed by atoms with van der Waals surface area (Å²) in [4.78, 5) is 1.11. The number of thioether (sulfide) groups is 1. The minimum atomic E-state index is 0.102. The number of hydrogen-bond donors (Lipinski definition) is 2. The van der Waals surface area contributed by atoms with Gasteiger partial charge in [-0.05, 0) is 24.0 Å². The number of hydrogen-bond acceptors (Lipinski definition) is 4. The summed E-state index contributed by atoms with van der Waals surface area (Å²) in [6, 6.07) is 15.3. The third-order valence-electron chi connectivity index (χ3n) is 2.82. The molecule has 2 aromatic carbocycles. The highest BCUT2D eigenvalue weighted by Gasteiger charge is 2.03. The summed E-state index contributed by atoms with van der Waals surface area (Å²) in [5.41, 5.74) is 7.22. The summed E-state index contributed by atoms with van der Waals surface area (Å²) in [6.45, 7) is 0.480. The molecule has 0 amide bonds. The highest BCUT2D eigenvalue weighted by molar-refractivity contribution is 7.98. The van der Waals surface area contributed by atoms with E-state index in [9.17, 15) is 0 Å². The highest BCUT2D eigenvalue weighted by atomic mass is 32.2. The molecule has 0 spiro atoms. The molecule has 0 saturated heterocycles. The van der Waals surface area contributed by atoms with E-state index in [1.807, 2.05) is 42.7 Å². The zero-order valence-corrected chi connectivity index (χ0v) is 11.9. The number of nitrogens with zero attached hydrogens (tertiary/aromatic N) is 1. The van der Waals surface area contributed by atoms with E-state index in [1.54, 1.807) is 23.9 Å². The molecule has 5 heteroatoms. The molecule has 104 valence electrons. The number of benzene rings is 2. The molecule has 0 fully saturated rings. The maximum Gasteiger partial charge on any atom is 0.170 e. The molecule has 0 heterocycles. The van der Waals surface area contributed by atoms with Crippen molar-refractivity contribution < 1.29 is 9.94 Å². The Kier molecular flexibility index (Phi) is 4.90. The van der Waals surface area contributed by atoms with Crippen LogP contribution in [-0.2, 0) is 6.61 Å². The van der Waals surface area contributed by atoms with E-state index in [0.717, 1.165) is 16.2 Å². The van der Waals surface area contributed by atoms with Crippen molar-refractivity contribution in [3.8, 4) is 5.75 Å². The van der Waals surface area contributed by atoms with Gasteiger partial charge in [-0.1, -0.05) is 41.6 Å². The molecule has 3 N–H and O–H groups in total. The Morgan fingerprint density at radius 2 is 1.90 bits per heavy atom. The van der Waals surface area contributed by atoms with Crippen LogP contribution in [-0.4, -0.2) is 17.3 Å². The van der Waals surface area contributed by atoms with E-state index in [0.29, 0.717) is 12.2 Å². The third kappa shape index (κ3) is 3.45. The van der Waals surface area contributed by atoms with Gasteiger partial charge in [-0.3, -0.25) is 0 Å². The van der Waals surface area contributed by atoms with Crippen LogP contribution in [0.2, 0.25) is 0 Å². The van der Waals surface area contributed by atoms with Crippen LogP contribution in [0.5, 0.6) is 5.75 Å². The minimum absolute atomic E-state index is 0.102. The topological polar surface area (TPSA) is 67.8 Å². The lowest BCUT2D eigenvalue weighted by Crippen LogP contribution is -2.12. The molecular weight excluding hydrogens is 272 g/mol. The van der Waals surface area contributed by atoms with Gasteiger partial charge in [0.1, 0.15) is 12.4 Å². The van der Waals surface area contributed by atoms with Crippen LogP contribution in [0.3, 0.4) is 0 Å². The zero-order valence-electron chi connectivity index (χ0n) is 11.1. The lowest BCUT2D eigenvalue weighted by molar-refractivity contribution is 0.299. The summed E-state index contributed by atoms with van der Waals surface area (Å²) < 4.78 is 5.81. The first kappa shape index (κ1) is 14.3. The van der Waals surface area contributed by atoms with Gasteiger partial charge in [-0.25, -0.2) is 0 Å². The molecule has 0 aromatic heterocycles. The Hall–Kier alpha value is -2.14. The van der Waals surface area contributed by atoms with Crippen molar-refractivity contribution in [3.05, 3.63) is 59.7 Å². The molecule has 0 saturated carbocycles. The predicted octanol–water partition coefficient (Wildman–Crippen LogP) is 3.08. The lowest BCUT2D eigenvalue weighted by Gasteiger charge is -2.10. The number of nitrogens with two attached hydrogens (primary N) is 1. The first-order valence-corrected chi connectivity index (χ1v) is 7.29. The molecule has 0 bridgehead atoms. The number of ether oxygens (including phenoxy) is 1. The van der Waals surface area contributed by atoms with Gasteiger partial charge >= 0.3 is 0 Å². The van der Waals surface area contributed by atoms with Crippen LogP contribution in [0.1, 0.15) is 11.1 Å². The summed E-state index contributed by atoms with van der Waals surface area (Å²) in [5.74, 6) is 0.978. The molecule has 0 aliphatic rings. The molecule has 0 radical (unpaired) electrons. The maximum absolute atomic E-state index is 8.60. The summed E-state index contributed by atoms with van der Waals surface area (Å²) >= 11 is 1.65. The molecule has 2 rings (SSSR count). The van der Waals surface area contributed by atoms with E-state index < -0.39 is 0 Å². The lowest BCUT2D eigenvalue weighted by atomic mass is 10.1. The minimum Gasteiger partial charge on any atom is -0.488 e. The fourth-order valence-corrected chi connectivity index (χ4v) is 2.27. The number of para-hydroxylation sites is 1. The first-order valence-electron chi connectivity index (χ1n) is 6.07. The first-order chi connectivity index (χ1) is 9.74. The smallest absolute Gasteiger partial charge is 0.170 e. The Morgan fingerprint density at radius 1 is 1.20 bits per heavy atom. The molecular formula is C15H16N2O2S. The van der Waals surface area contributed by atoms with E-state index in [1.165, 1.54) is 0 Å². The summed E-state index contributed by atoms with van der Waals surface area (Å²) in [7, 11) is 0. The van der Waals surface area contributed by atoms with E-state index in [4.69, 9.17) is 15.7 Å². The molecule has 20 heavy (non-hydrogen) atoms. The van der Waals surface area contributed by atoms with Crippen LogP contribution in [0.25, 0.3) is 0 Å². The molecule has 4 nitrogen and oxygen atoms in total. The second kappa shape index (κ2) is 6.86. The van der Waals surface area contributed by atoms with Gasteiger partial charge in [0.05, 0.1) is 0 Å². The third-order valence-corrected chi connectivity index (χ3v) is 3.60. The Labute approximate surface area is 122 Å². The quantitative estimate of drug-likeness (QED) is 0.292. The molecule has 0 aliphatic heterocycles. The highest BCUT2D eigenvalue weighted by Crippen LogP contribution is 2.27. The summed E-state index contributed by atoms with van der Waals surface area (Å²) in [6.07, 6.45) is 2.02. The Balaban J connectivity index is 2.04. The fraction of sp³-hybridized carbons (Fsp3) is 0.133. The Morgan fingerprint density at radius 3 is 2.55 bits per heavy atom. The van der Waals surface area contributed by atoms with E-state index >= 15 is 0 Å². The van der Waals surface area contributed by atoms with Gasteiger partial charge in [0.25, 0.3) is 0 Å². The van der Waals surface area contributed by atoms with Gasteiger partial charge in [0.2, 0.25) is 0 Å². The largest absolute Gasteiger partial charge is 0.488 e. The van der Waals surface area contributed by atoms with Crippen LogP contribution < -0.4 is 10.5 Å². The van der Waals surface area contributed by atoms with Gasteiger partial charge in [0.15, 0.2) is 5.84 Å². The second-order valence-corrected chi connectivity index (χ2v) is 4.97. The summed E-state index contributed by atoms with van der Waals surface area (Å²) in [5, 5.41) is 11.6. The van der Waals surface area contributed by atoms with Gasteiger partial charge in [-0.2, -0.15) is 0 Å². The van der Waals surface area contributed by atoms with Crippen molar-refractivity contribution in [2.24, 2.45) is 10.9 Å². The van der Waals surface area contributed by atoms with Crippen molar-refractivity contribution in [1.29, 1.82) is 0 Å². The molecule has 2 aromatic rings. The predicted molar refractivity (Wildman–Crippen MR) is 81.5 cm³/mol. The van der Waals surface area contributed by atoms with Crippen molar-refractivity contribution in [3.63, 3.8) is 0 Å². The number of rotatable bonds is 5. The molecule has 0 unspecified atom stereocenters. The van der Waals surface area contributed by atoms with E-state index in [-0.39, 0.29) is 5.84 Å². The maximum atomic E-state index is 8.60. The van der Waals surface area contributed by atoms with Crippen molar-refractivity contribution in [2.75, 3.05) is 6.26 Å². The van der Waals surface area contributed by atoms with Crippen LogP contribution >= 0.6 is 11.8 Å². The fourth-order valence-electron chi connectivity index (χ4n) is 1.73. The van der Waals surface area contributed by atoms with Crippen LogP contribution in [0.4, 0.5) is 0 Å². The number of oxime groups is 1. The molecule has 0 atom stereocenters. The van der Waals surface area contributed by atoms with E-state index in [2.05, 4.69) is 5.16 Å². The zero-order chi connectivity index (χ0) is 14.4. The van der Waals surface area contributed by atoms with Gasteiger partial charge in [-0.15, -0.1) is 11.8 Å². The van der Waals surface area contributed by atoms with Crippen molar-refractivity contribution in [1.82, 2.24) is 0 Å². The monoisotopic (exact) mass is 288 g/mol. The SMILES string of the molecule is CSc1ccccc1OCc1ccc(C(N)=NO)cc1. The molecule has 0 aliphatic carbocycles. The van der Waals surface area contributed by atoms with Gasteiger partial charge < -0.3 is 15.7 Å². The average molecular weight is 288 g/mol. The van der Waals surface area contributed by atoms with Crippen LogP contribution in [0, 0.1) is 0 Å².